The number of hydrogen-bond donors (Lipinski definition) is 1. The van der Waals surface area contributed by atoms with Gasteiger partial charge in [-0.3, -0.25) is 0 Å². The Hall–Kier alpha value is -0.520. The molecule has 1 aliphatic rings. The van der Waals surface area contributed by atoms with Crippen LogP contribution in [0.25, 0.3) is 0 Å². The third kappa shape index (κ3) is 1.07. The van der Waals surface area contributed by atoms with Gasteiger partial charge in [0.2, 0.25) is 0 Å². The van der Waals surface area contributed by atoms with E-state index in [9.17, 15) is 0 Å². The van der Waals surface area contributed by atoms with Gasteiger partial charge in [0.1, 0.15) is 6.10 Å². The van der Waals surface area contributed by atoms with Crippen LogP contribution in [0.4, 0.5) is 0 Å². The molecule has 0 aromatic heterocycles. The molecule has 0 aromatic carbocycles. The molecule has 1 aliphatic heterocycles. The summed E-state index contributed by atoms with van der Waals surface area (Å²) >= 11 is 0. The van der Waals surface area contributed by atoms with Crippen LogP contribution in [0.5, 0.6) is 0 Å². The molecule has 1 rings (SSSR count). The molecule has 1 N–H and O–H groups in total. The van der Waals surface area contributed by atoms with Crippen LogP contribution in [0, 0.1) is 11.8 Å². The maximum Gasteiger partial charge on any atom is 0.154 e. The predicted molar refractivity (Wildman–Crippen MR) is 33.8 cm³/mol. The normalized spacial score (nSPS) is 39.2. The van der Waals surface area contributed by atoms with E-state index in [1.54, 1.807) is 6.92 Å². The first-order valence-electron chi connectivity index (χ1n) is 2.95. The van der Waals surface area contributed by atoms with Crippen LogP contribution in [0.3, 0.4) is 0 Å². The molecule has 9 heavy (non-hydrogen) atoms. The van der Waals surface area contributed by atoms with Crippen molar-refractivity contribution in [3.05, 3.63) is 0 Å². The molecular weight excluding hydrogens is 116 g/mol. The summed E-state index contributed by atoms with van der Waals surface area (Å²) in [6, 6.07) is 0. The molecule has 0 aliphatic carbocycles. The predicted octanol–water partition coefficient (Wildman–Crippen LogP) is 0.160. The van der Waals surface area contributed by atoms with E-state index in [2.05, 4.69) is 11.8 Å². The SMILES string of the molecule is CC#C[C@@]1(C)O[C@H]1CO. The molecule has 0 bridgehead atoms. The van der Waals surface area contributed by atoms with Gasteiger partial charge in [-0.15, -0.1) is 5.92 Å². The maximum atomic E-state index is 8.58. The first kappa shape index (κ1) is 6.60. The third-order valence-corrected chi connectivity index (χ3v) is 1.48. The molecule has 1 heterocycles. The second-order valence-electron chi connectivity index (χ2n) is 2.27. The third-order valence-electron chi connectivity index (χ3n) is 1.48. The summed E-state index contributed by atoms with van der Waals surface area (Å²) in [5, 5.41) is 8.58. The van der Waals surface area contributed by atoms with Gasteiger partial charge in [0.25, 0.3) is 0 Å². The highest BCUT2D eigenvalue weighted by Gasteiger charge is 2.50. The fraction of sp³-hybridized carbons (Fsp3) is 0.714. The summed E-state index contributed by atoms with van der Waals surface area (Å²) in [7, 11) is 0. The Balaban J connectivity index is 2.49. The van der Waals surface area contributed by atoms with E-state index in [0.717, 1.165) is 0 Å². The number of epoxide rings is 1. The summed E-state index contributed by atoms with van der Waals surface area (Å²) in [6.07, 6.45) is -0.0510. The Bertz CT molecular complexity index is 165. The van der Waals surface area contributed by atoms with Gasteiger partial charge in [0, 0.05) is 0 Å². The van der Waals surface area contributed by atoms with Crippen LogP contribution < -0.4 is 0 Å². The van der Waals surface area contributed by atoms with E-state index < -0.39 is 0 Å². The Morgan fingerprint density at radius 2 is 2.44 bits per heavy atom. The average Bonchev–Trinajstić information content (AvgIpc) is 2.43. The Labute approximate surface area is 54.8 Å². The van der Waals surface area contributed by atoms with Gasteiger partial charge in [0.05, 0.1) is 6.61 Å². The van der Waals surface area contributed by atoms with Crippen LogP contribution in [0.15, 0.2) is 0 Å². The highest BCUT2D eigenvalue weighted by Crippen LogP contribution is 2.34. The van der Waals surface area contributed by atoms with Gasteiger partial charge in [0.15, 0.2) is 5.60 Å². The first-order chi connectivity index (χ1) is 4.23. The second kappa shape index (κ2) is 2.02. The standard InChI is InChI=1S/C7H10O2/c1-3-4-7(2)6(5-8)9-7/h6,8H,5H2,1-2H3/t6-,7+/m0/s1. The minimum absolute atomic E-state index is 0.0510. The zero-order valence-corrected chi connectivity index (χ0v) is 5.64. The minimum atomic E-state index is -0.344. The first-order valence-corrected chi connectivity index (χ1v) is 2.95. The maximum absolute atomic E-state index is 8.58. The van der Waals surface area contributed by atoms with Gasteiger partial charge in [-0.05, 0) is 13.8 Å². The smallest absolute Gasteiger partial charge is 0.154 e. The quantitative estimate of drug-likeness (QED) is 0.401. The van der Waals surface area contributed by atoms with Crippen LogP contribution in [-0.4, -0.2) is 23.4 Å². The molecule has 0 spiro atoms. The Kier molecular flexibility index (Phi) is 1.48. The molecule has 2 heteroatoms. The van der Waals surface area contributed by atoms with Crippen molar-refractivity contribution in [1.82, 2.24) is 0 Å². The van der Waals surface area contributed by atoms with E-state index in [1.165, 1.54) is 0 Å². The van der Waals surface area contributed by atoms with Crippen molar-refractivity contribution >= 4 is 0 Å². The monoisotopic (exact) mass is 126 g/mol. The fourth-order valence-corrected chi connectivity index (χ4v) is 0.831. The zero-order chi connectivity index (χ0) is 6.91. The van der Waals surface area contributed by atoms with Gasteiger partial charge in [-0.2, -0.15) is 0 Å². The Morgan fingerprint density at radius 1 is 1.78 bits per heavy atom. The van der Waals surface area contributed by atoms with Crippen molar-refractivity contribution in [1.29, 1.82) is 0 Å². The van der Waals surface area contributed by atoms with E-state index >= 15 is 0 Å². The van der Waals surface area contributed by atoms with E-state index in [-0.39, 0.29) is 18.3 Å². The summed E-state index contributed by atoms with van der Waals surface area (Å²) in [5.74, 6) is 5.61. The van der Waals surface area contributed by atoms with Crippen molar-refractivity contribution in [3.8, 4) is 11.8 Å². The van der Waals surface area contributed by atoms with E-state index in [1.807, 2.05) is 6.92 Å². The van der Waals surface area contributed by atoms with Crippen molar-refractivity contribution < 1.29 is 9.84 Å². The molecule has 50 valence electrons. The van der Waals surface area contributed by atoms with Crippen LogP contribution in [0.2, 0.25) is 0 Å². The van der Waals surface area contributed by atoms with Crippen LogP contribution in [-0.2, 0) is 4.74 Å². The number of aliphatic hydroxyl groups excluding tert-OH is 1. The number of hydrogen-bond acceptors (Lipinski definition) is 2. The highest BCUT2D eigenvalue weighted by atomic mass is 16.6. The lowest BCUT2D eigenvalue weighted by atomic mass is 10.1. The average molecular weight is 126 g/mol. The van der Waals surface area contributed by atoms with E-state index in [0.29, 0.717) is 0 Å². The van der Waals surface area contributed by atoms with E-state index in [4.69, 9.17) is 9.84 Å². The number of ether oxygens (including phenoxy) is 1. The van der Waals surface area contributed by atoms with Crippen molar-refractivity contribution in [2.45, 2.75) is 25.6 Å². The highest BCUT2D eigenvalue weighted by molar-refractivity contribution is 5.22. The lowest BCUT2D eigenvalue weighted by Gasteiger charge is -1.88. The molecule has 2 nitrogen and oxygen atoms in total. The van der Waals surface area contributed by atoms with Gasteiger partial charge < -0.3 is 9.84 Å². The Morgan fingerprint density at radius 3 is 2.78 bits per heavy atom. The van der Waals surface area contributed by atoms with Gasteiger partial charge in [-0.25, -0.2) is 0 Å². The lowest BCUT2D eigenvalue weighted by molar-refractivity contribution is 0.240. The van der Waals surface area contributed by atoms with Gasteiger partial charge >= 0.3 is 0 Å². The largest absolute Gasteiger partial charge is 0.394 e. The van der Waals surface area contributed by atoms with Crippen LogP contribution >= 0.6 is 0 Å². The minimum Gasteiger partial charge on any atom is -0.394 e. The van der Waals surface area contributed by atoms with Crippen LogP contribution in [0.1, 0.15) is 13.8 Å². The molecule has 0 unspecified atom stereocenters. The summed E-state index contributed by atoms with van der Waals surface area (Å²) in [5.41, 5.74) is -0.344. The molecule has 0 saturated carbocycles. The molecular formula is C7H10O2. The van der Waals surface area contributed by atoms with Crippen molar-refractivity contribution in [2.75, 3.05) is 6.61 Å². The molecule has 0 aromatic rings. The number of rotatable bonds is 1. The summed E-state index contributed by atoms with van der Waals surface area (Å²) in [4.78, 5) is 0. The topological polar surface area (TPSA) is 32.8 Å². The lowest BCUT2D eigenvalue weighted by Crippen LogP contribution is -2.08. The summed E-state index contributed by atoms with van der Waals surface area (Å²) in [6.45, 7) is 3.72. The molecule has 0 radical (unpaired) electrons. The second-order valence-corrected chi connectivity index (χ2v) is 2.27. The van der Waals surface area contributed by atoms with Crippen molar-refractivity contribution in [2.24, 2.45) is 0 Å². The molecule has 1 fully saturated rings. The molecule has 0 amide bonds. The molecule has 1 saturated heterocycles. The van der Waals surface area contributed by atoms with Crippen molar-refractivity contribution in [3.63, 3.8) is 0 Å². The number of aliphatic hydroxyl groups is 1. The summed E-state index contributed by atoms with van der Waals surface area (Å²) < 4.78 is 5.07. The molecule has 2 atom stereocenters. The zero-order valence-electron chi connectivity index (χ0n) is 5.64. The van der Waals surface area contributed by atoms with Gasteiger partial charge in [-0.1, -0.05) is 5.92 Å². The fourth-order valence-electron chi connectivity index (χ4n) is 0.831.